The normalized spacial score (nSPS) is 10.2. The zero-order chi connectivity index (χ0) is 15.2. The number of benzene rings is 1. The van der Waals surface area contributed by atoms with E-state index in [0.29, 0.717) is 23.5 Å². The molecular weight excluding hydrogens is 276 g/mol. The number of nitrogens with zero attached hydrogens (tertiary/aromatic N) is 1. The molecule has 1 heterocycles. The van der Waals surface area contributed by atoms with Gasteiger partial charge >= 0.3 is 0 Å². The van der Waals surface area contributed by atoms with E-state index in [2.05, 4.69) is 15.6 Å². The molecule has 0 aliphatic heterocycles. The molecule has 0 spiro atoms. The second-order valence-electron chi connectivity index (χ2n) is 4.39. The molecule has 2 rings (SSSR count). The molecule has 0 fully saturated rings. The number of hydrogen-bond donors (Lipinski definition) is 2. The van der Waals surface area contributed by atoms with E-state index in [-0.39, 0.29) is 12.5 Å². The Bertz CT molecular complexity index is 647. The highest BCUT2D eigenvalue weighted by molar-refractivity contribution is 5.94. The highest BCUT2D eigenvalue weighted by atomic mass is 19.2. The molecule has 1 aromatic heterocycles. The second-order valence-corrected chi connectivity index (χ2v) is 4.39. The molecular formula is C15H15F2N3O. The van der Waals surface area contributed by atoms with Crippen molar-refractivity contribution in [2.24, 2.45) is 0 Å². The fraction of sp³-hybridized carbons (Fsp3) is 0.200. The lowest BCUT2D eigenvalue weighted by molar-refractivity contribution is 0.0951. The van der Waals surface area contributed by atoms with Gasteiger partial charge < -0.3 is 10.6 Å². The quantitative estimate of drug-likeness (QED) is 0.890. The van der Waals surface area contributed by atoms with E-state index in [4.69, 9.17) is 0 Å². The van der Waals surface area contributed by atoms with Crippen molar-refractivity contribution in [2.75, 3.05) is 11.9 Å². The first-order valence-electron chi connectivity index (χ1n) is 6.52. The van der Waals surface area contributed by atoms with Crippen molar-refractivity contribution in [3.05, 3.63) is 59.3 Å². The van der Waals surface area contributed by atoms with Gasteiger partial charge in [0.25, 0.3) is 5.91 Å². The van der Waals surface area contributed by atoms with Gasteiger partial charge in [-0.15, -0.1) is 0 Å². The highest BCUT2D eigenvalue weighted by Gasteiger charge is 2.08. The van der Waals surface area contributed by atoms with Crippen LogP contribution in [0.15, 0.2) is 36.5 Å². The monoisotopic (exact) mass is 291 g/mol. The molecule has 0 unspecified atom stereocenters. The van der Waals surface area contributed by atoms with Crippen LogP contribution in [-0.4, -0.2) is 17.4 Å². The first-order chi connectivity index (χ1) is 10.1. The molecule has 0 aliphatic carbocycles. The lowest BCUT2D eigenvalue weighted by Gasteiger charge is -2.07. The third-order valence-electron chi connectivity index (χ3n) is 2.82. The third-order valence-corrected chi connectivity index (χ3v) is 2.82. The zero-order valence-electron chi connectivity index (χ0n) is 11.5. The van der Waals surface area contributed by atoms with Gasteiger partial charge in [-0.25, -0.2) is 13.8 Å². The van der Waals surface area contributed by atoms with E-state index < -0.39 is 11.6 Å². The number of halogens is 2. The van der Waals surface area contributed by atoms with Crippen LogP contribution in [0.2, 0.25) is 0 Å². The van der Waals surface area contributed by atoms with Crippen LogP contribution in [0.3, 0.4) is 0 Å². The van der Waals surface area contributed by atoms with Crippen LogP contribution in [0, 0.1) is 11.6 Å². The predicted octanol–water partition coefficient (Wildman–Crippen LogP) is 2.72. The molecule has 1 amide bonds. The van der Waals surface area contributed by atoms with Crippen LogP contribution in [0.4, 0.5) is 14.6 Å². The molecule has 2 aromatic rings. The van der Waals surface area contributed by atoms with E-state index in [0.717, 1.165) is 12.1 Å². The van der Waals surface area contributed by atoms with E-state index >= 15 is 0 Å². The number of amides is 1. The number of carbonyl (C=O) groups is 1. The molecule has 110 valence electrons. The summed E-state index contributed by atoms with van der Waals surface area (Å²) < 4.78 is 25.9. The van der Waals surface area contributed by atoms with Crippen molar-refractivity contribution in [3.8, 4) is 0 Å². The van der Waals surface area contributed by atoms with E-state index in [1.807, 2.05) is 6.92 Å². The van der Waals surface area contributed by atoms with Crippen LogP contribution in [0.5, 0.6) is 0 Å². The molecule has 0 saturated carbocycles. The van der Waals surface area contributed by atoms with Crippen molar-refractivity contribution < 1.29 is 13.6 Å². The number of anilines is 1. The van der Waals surface area contributed by atoms with Gasteiger partial charge in [0.15, 0.2) is 11.6 Å². The number of hydrogen-bond acceptors (Lipinski definition) is 3. The average molecular weight is 291 g/mol. The summed E-state index contributed by atoms with van der Waals surface area (Å²) in [5.74, 6) is -1.53. The molecule has 6 heteroatoms. The van der Waals surface area contributed by atoms with Crippen LogP contribution >= 0.6 is 0 Å². The summed E-state index contributed by atoms with van der Waals surface area (Å²) in [6, 6.07) is 6.74. The Balaban J connectivity index is 2.01. The Labute approximate surface area is 121 Å². The summed E-state index contributed by atoms with van der Waals surface area (Å²) in [5.41, 5.74) is 0.937. The summed E-state index contributed by atoms with van der Waals surface area (Å²) in [6.07, 6.45) is 1.53. The first-order valence-corrected chi connectivity index (χ1v) is 6.52. The maximum atomic E-state index is 13.1. The van der Waals surface area contributed by atoms with Gasteiger partial charge in [-0.1, -0.05) is 6.07 Å². The van der Waals surface area contributed by atoms with Crippen molar-refractivity contribution >= 4 is 11.7 Å². The van der Waals surface area contributed by atoms with Crippen LogP contribution in [0.25, 0.3) is 0 Å². The van der Waals surface area contributed by atoms with Crippen LogP contribution < -0.4 is 10.6 Å². The highest BCUT2D eigenvalue weighted by Crippen LogP contribution is 2.10. The van der Waals surface area contributed by atoms with Gasteiger partial charge in [0.05, 0.1) is 0 Å². The Hall–Kier alpha value is -2.50. The number of rotatable bonds is 5. The van der Waals surface area contributed by atoms with Gasteiger partial charge in [-0.05, 0) is 36.8 Å². The molecule has 2 N–H and O–H groups in total. The Morgan fingerprint density at radius 3 is 2.71 bits per heavy atom. The molecule has 0 atom stereocenters. The molecule has 21 heavy (non-hydrogen) atoms. The van der Waals surface area contributed by atoms with Crippen molar-refractivity contribution in [1.29, 1.82) is 0 Å². The molecule has 0 saturated heterocycles. The van der Waals surface area contributed by atoms with E-state index in [9.17, 15) is 13.6 Å². The summed E-state index contributed by atoms with van der Waals surface area (Å²) in [4.78, 5) is 16.1. The lowest BCUT2D eigenvalue weighted by atomic mass is 10.2. The molecule has 4 nitrogen and oxygen atoms in total. The van der Waals surface area contributed by atoms with E-state index in [1.54, 1.807) is 12.1 Å². The number of pyridine rings is 1. The average Bonchev–Trinajstić information content (AvgIpc) is 2.49. The Morgan fingerprint density at radius 1 is 1.19 bits per heavy atom. The number of carbonyl (C=O) groups excluding carboxylic acids is 1. The lowest BCUT2D eigenvalue weighted by Crippen LogP contribution is -2.23. The molecule has 0 radical (unpaired) electrons. The number of aromatic nitrogens is 1. The van der Waals surface area contributed by atoms with Crippen LogP contribution in [0.1, 0.15) is 22.8 Å². The fourth-order valence-corrected chi connectivity index (χ4v) is 1.78. The minimum Gasteiger partial charge on any atom is -0.370 e. The summed E-state index contributed by atoms with van der Waals surface area (Å²) in [7, 11) is 0. The largest absolute Gasteiger partial charge is 0.370 e. The zero-order valence-corrected chi connectivity index (χ0v) is 11.5. The summed E-state index contributed by atoms with van der Waals surface area (Å²) in [6.45, 7) is 2.75. The van der Waals surface area contributed by atoms with Crippen LogP contribution in [-0.2, 0) is 6.54 Å². The standard InChI is InChI=1S/C15H15F2N3O/c1-2-18-14-8-11(5-6-19-14)15(21)20-9-10-3-4-12(16)13(17)7-10/h3-8H,2,9H2,1H3,(H,18,19)(H,20,21). The third kappa shape index (κ3) is 3.98. The van der Waals surface area contributed by atoms with Gasteiger partial charge in [0.1, 0.15) is 5.82 Å². The van der Waals surface area contributed by atoms with Crippen molar-refractivity contribution in [3.63, 3.8) is 0 Å². The predicted molar refractivity (Wildman–Crippen MR) is 75.9 cm³/mol. The summed E-state index contributed by atoms with van der Waals surface area (Å²) in [5, 5.41) is 5.66. The smallest absolute Gasteiger partial charge is 0.251 e. The number of nitrogens with one attached hydrogen (secondary N) is 2. The summed E-state index contributed by atoms with van der Waals surface area (Å²) >= 11 is 0. The van der Waals surface area contributed by atoms with Crippen molar-refractivity contribution in [2.45, 2.75) is 13.5 Å². The van der Waals surface area contributed by atoms with Gasteiger partial charge in [0.2, 0.25) is 0 Å². The second kappa shape index (κ2) is 6.78. The Kier molecular flexibility index (Phi) is 4.81. The van der Waals surface area contributed by atoms with Gasteiger partial charge in [0, 0.05) is 24.8 Å². The fourth-order valence-electron chi connectivity index (χ4n) is 1.78. The van der Waals surface area contributed by atoms with E-state index in [1.165, 1.54) is 12.3 Å². The molecule has 1 aromatic carbocycles. The first kappa shape index (κ1) is 14.9. The molecule has 0 bridgehead atoms. The van der Waals surface area contributed by atoms with Crippen molar-refractivity contribution in [1.82, 2.24) is 10.3 Å². The minimum absolute atomic E-state index is 0.120. The maximum absolute atomic E-state index is 13.1. The van der Waals surface area contributed by atoms with Gasteiger partial charge in [-0.3, -0.25) is 4.79 Å². The SMILES string of the molecule is CCNc1cc(C(=O)NCc2ccc(F)c(F)c2)ccn1. The Morgan fingerprint density at radius 2 is 2.00 bits per heavy atom. The topological polar surface area (TPSA) is 54.0 Å². The minimum atomic E-state index is -0.930. The van der Waals surface area contributed by atoms with Gasteiger partial charge in [-0.2, -0.15) is 0 Å². The maximum Gasteiger partial charge on any atom is 0.251 e. The molecule has 0 aliphatic rings.